The van der Waals surface area contributed by atoms with E-state index in [1.165, 1.54) is 25.3 Å². The largest absolute Gasteiger partial charge is 0.494 e. The number of rotatable bonds is 2. The molecular formula is C15H12FNO3. The molecule has 0 spiro atoms. The number of hydrogen-bond donors (Lipinski definition) is 2. The highest BCUT2D eigenvalue weighted by Gasteiger charge is 2.48. The maximum absolute atomic E-state index is 14.4. The van der Waals surface area contributed by atoms with Crippen molar-refractivity contribution in [1.29, 1.82) is 0 Å². The number of benzene rings is 2. The SMILES string of the molecule is COc1cccc(C2(O)C(=O)Nc3ccccc32)c1F. The number of ether oxygens (including phenoxy) is 1. The minimum atomic E-state index is -2.05. The van der Waals surface area contributed by atoms with Crippen molar-refractivity contribution in [3.05, 3.63) is 59.4 Å². The van der Waals surface area contributed by atoms with Gasteiger partial charge in [-0.1, -0.05) is 30.3 Å². The monoisotopic (exact) mass is 273 g/mol. The van der Waals surface area contributed by atoms with E-state index < -0.39 is 17.3 Å². The molecule has 2 aromatic carbocycles. The van der Waals surface area contributed by atoms with Gasteiger partial charge in [-0.3, -0.25) is 4.79 Å². The van der Waals surface area contributed by atoms with Gasteiger partial charge in [0.15, 0.2) is 17.2 Å². The molecule has 1 heterocycles. The van der Waals surface area contributed by atoms with Crippen LogP contribution >= 0.6 is 0 Å². The van der Waals surface area contributed by atoms with Crippen molar-refractivity contribution in [1.82, 2.24) is 0 Å². The van der Waals surface area contributed by atoms with E-state index in [1.54, 1.807) is 24.3 Å². The summed E-state index contributed by atoms with van der Waals surface area (Å²) in [6.45, 7) is 0. The Hall–Kier alpha value is -2.40. The topological polar surface area (TPSA) is 58.6 Å². The summed E-state index contributed by atoms with van der Waals surface area (Å²) in [7, 11) is 1.33. The van der Waals surface area contributed by atoms with E-state index >= 15 is 0 Å². The first-order valence-electron chi connectivity index (χ1n) is 6.05. The number of anilines is 1. The van der Waals surface area contributed by atoms with E-state index in [0.717, 1.165) is 0 Å². The highest BCUT2D eigenvalue weighted by atomic mass is 19.1. The average molecular weight is 273 g/mol. The minimum absolute atomic E-state index is 0.0203. The number of para-hydroxylation sites is 1. The molecule has 0 saturated heterocycles. The van der Waals surface area contributed by atoms with Crippen LogP contribution in [0.2, 0.25) is 0 Å². The standard InChI is InChI=1S/C15H12FNO3/c1-20-12-8-4-6-10(13(12)16)15(19)9-5-2-3-7-11(9)17-14(15)18/h2-8,19H,1H3,(H,17,18). The zero-order valence-electron chi connectivity index (χ0n) is 10.7. The Bertz CT molecular complexity index is 701. The van der Waals surface area contributed by atoms with Crippen LogP contribution in [0.1, 0.15) is 11.1 Å². The number of methoxy groups -OCH3 is 1. The summed E-state index contributed by atoms with van der Waals surface area (Å²) >= 11 is 0. The molecule has 20 heavy (non-hydrogen) atoms. The van der Waals surface area contributed by atoms with Crippen molar-refractivity contribution in [2.45, 2.75) is 5.60 Å². The molecule has 1 unspecified atom stereocenters. The molecule has 102 valence electrons. The zero-order chi connectivity index (χ0) is 14.3. The Morgan fingerprint density at radius 3 is 2.60 bits per heavy atom. The molecule has 0 fully saturated rings. The predicted octanol–water partition coefficient (Wildman–Crippen LogP) is 2.02. The van der Waals surface area contributed by atoms with Gasteiger partial charge in [0.2, 0.25) is 0 Å². The van der Waals surface area contributed by atoms with E-state index in [9.17, 15) is 14.3 Å². The lowest BCUT2D eigenvalue weighted by Gasteiger charge is -2.22. The van der Waals surface area contributed by atoms with Gasteiger partial charge in [0.25, 0.3) is 5.91 Å². The summed E-state index contributed by atoms with van der Waals surface area (Å²) in [6.07, 6.45) is 0. The van der Waals surface area contributed by atoms with Crippen molar-refractivity contribution in [2.75, 3.05) is 12.4 Å². The molecule has 1 amide bonds. The van der Waals surface area contributed by atoms with Crippen LogP contribution in [0.5, 0.6) is 5.75 Å². The summed E-state index contributed by atoms with van der Waals surface area (Å²) in [5.41, 5.74) is -1.37. The van der Waals surface area contributed by atoms with Crippen molar-refractivity contribution >= 4 is 11.6 Å². The molecular weight excluding hydrogens is 261 g/mol. The van der Waals surface area contributed by atoms with Crippen LogP contribution in [0.25, 0.3) is 0 Å². The Labute approximate surface area is 114 Å². The number of carbonyl (C=O) groups is 1. The maximum atomic E-state index is 14.4. The Morgan fingerprint density at radius 2 is 1.85 bits per heavy atom. The summed E-state index contributed by atoms with van der Waals surface area (Å²) in [6, 6.07) is 11.0. The van der Waals surface area contributed by atoms with Gasteiger partial charge in [0.05, 0.1) is 7.11 Å². The molecule has 0 aromatic heterocycles. The number of aliphatic hydroxyl groups is 1. The Kier molecular flexibility index (Phi) is 2.72. The second-order valence-corrected chi connectivity index (χ2v) is 4.53. The molecule has 0 bridgehead atoms. The summed E-state index contributed by atoms with van der Waals surface area (Å²) in [5.74, 6) is -1.44. The Morgan fingerprint density at radius 1 is 1.15 bits per heavy atom. The first kappa shape index (κ1) is 12.6. The van der Waals surface area contributed by atoms with Crippen LogP contribution < -0.4 is 10.1 Å². The third kappa shape index (κ3) is 1.53. The second kappa shape index (κ2) is 4.31. The molecule has 2 aromatic rings. The van der Waals surface area contributed by atoms with Gasteiger partial charge in [0, 0.05) is 16.8 Å². The number of nitrogens with one attached hydrogen (secondary N) is 1. The molecule has 3 rings (SSSR count). The minimum Gasteiger partial charge on any atom is -0.494 e. The Balaban J connectivity index is 2.26. The molecule has 1 aliphatic rings. The van der Waals surface area contributed by atoms with E-state index in [1.807, 2.05) is 0 Å². The van der Waals surface area contributed by atoms with Gasteiger partial charge in [-0.15, -0.1) is 0 Å². The molecule has 4 nitrogen and oxygen atoms in total. The maximum Gasteiger partial charge on any atom is 0.265 e. The summed E-state index contributed by atoms with van der Waals surface area (Å²) < 4.78 is 19.3. The lowest BCUT2D eigenvalue weighted by atomic mass is 9.87. The zero-order valence-corrected chi connectivity index (χ0v) is 10.7. The average Bonchev–Trinajstić information content (AvgIpc) is 2.72. The van der Waals surface area contributed by atoms with Crippen LogP contribution in [-0.2, 0) is 10.4 Å². The van der Waals surface area contributed by atoms with Crippen LogP contribution in [0.15, 0.2) is 42.5 Å². The third-order valence-electron chi connectivity index (χ3n) is 3.47. The number of hydrogen-bond acceptors (Lipinski definition) is 3. The number of fused-ring (bicyclic) bond motifs is 1. The summed E-state index contributed by atoms with van der Waals surface area (Å²) in [4.78, 5) is 12.1. The molecule has 0 saturated carbocycles. The van der Waals surface area contributed by atoms with Gasteiger partial charge in [-0.25, -0.2) is 4.39 Å². The van der Waals surface area contributed by atoms with E-state index in [-0.39, 0.29) is 11.3 Å². The van der Waals surface area contributed by atoms with Crippen LogP contribution in [-0.4, -0.2) is 18.1 Å². The molecule has 5 heteroatoms. The van der Waals surface area contributed by atoms with Crippen molar-refractivity contribution in [2.24, 2.45) is 0 Å². The predicted molar refractivity (Wildman–Crippen MR) is 71.0 cm³/mol. The number of amides is 1. The van der Waals surface area contributed by atoms with Crippen molar-refractivity contribution in [3.63, 3.8) is 0 Å². The fourth-order valence-electron chi connectivity index (χ4n) is 2.46. The molecule has 0 radical (unpaired) electrons. The van der Waals surface area contributed by atoms with Gasteiger partial charge < -0.3 is 15.2 Å². The highest BCUT2D eigenvalue weighted by Crippen LogP contribution is 2.42. The molecule has 1 atom stereocenters. The van der Waals surface area contributed by atoms with Crippen molar-refractivity contribution in [3.8, 4) is 5.75 Å². The summed E-state index contributed by atoms with van der Waals surface area (Å²) in [5, 5.41) is 13.3. The van der Waals surface area contributed by atoms with Crippen LogP contribution in [0.3, 0.4) is 0 Å². The van der Waals surface area contributed by atoms with Gasteiger partial charge >= 0.3 is 0 Å². The molecule has 2 N–H and O–H groups in total. The van der Waals surface area contributed by atoms with Gasteiger partial charge in [0.1, 0.15) is 0 Å². The molecule has 1 aliphatic heterocycles. The van der Waals surface area contributed by atoms with Crippen LogP contribution in [0, 0.1) is 5.82 Å². The second-order valence-electron chi connectivity index (χ2n) is 4.53. The fraction of sp³-hybridized carbons (Fsp3) is 0.133. The first-order valence-corrected chi connectivity index (χ1v) is 6.05. The fourth-order valence-corrected chi connectivity index (χ4v) is 2.46. The van der Waals surface area contributed by atoms with Gasteiger partial charge in [-0.05, 0) is 12.1 Å². The normalized spacial score (nSPS) is 20.4. The highest BCUT2D eigenvalue weighted by molar-refractivity contribution is 6.07. The quantitative estimate of drug-likeness (QED) is 0.880. The van der Waals surface area contributed by atoms with E-state index in [0.29, 0.717) is 11.3 Å². The van der Waals surface area contributed by atoms with E-state index in [2.05, 4.69) is 5.32 Å². The molecule has 0 aliphatic carbocycles. The van der Waals surface area contributed by atoms with Gasteiger partial charge in [-0.2, -0.15) is 0 Å². The number of halogens is 1. The smallest absolute Gasteiger partial charge is 0.265 e. The number of carbonyl (C=O) groups excluding carboxylic acids is 1. The first-order chi connectivity index (χ1) is 9.59. The van der Waals surface area contributed by atoms with E-state index in [4.69, 9.17) is 4.74 Å². The van der Waals surface area contributed by atoms with Crippen LogP contribution in [0.4, 0.5) is 10.1 Å². The lowest BCUT2D eigenvalue weighted by molar-refractivity contribution is -0.129. The third-order valence-corrected chi connectivity index (χ3v) is 3.47. The van der Waals surface area contributed by atoms with Crippen molar-refractivity contribution < 1.29 is 19.0 Å². The lowest BCUT2D eigenvalue weighted by Crippen LogP contribution is -2.36.